The van der Waals surface area contributed by atoms with E-state index in [1.54, 1.807) is 0 Å². The van der Waals surface area contributed by atoms with Crippen molar-refractivity contribution in [3.8, 4) is 0 Å². The van der Waals surface area contributed by atoms with Crippen LogP contribution in [0, 0.1) is 0 Å². The summed E-state index contributed by atoms with van der Waals surface area (Å²) in [6.45, 7) is 3.51. The summed E-state index contributed by atoms with van der Waals surface area (Å²) in [5.74, 6) is -0.327. The van der Waals surface area contributed by atoms with Crippen LogP contribution in [-0.4, -0.2) is 55.4 Å². The SMILES string of the molecule is O=CC(=O)C1CN(C2CCNCC2)CN1. The molecule has 0 aromatic carbocycles. The molecule has 0 aromatic heterocycles. The van der Waals surface area contributed by atoms with Gasteiger partial charge in [0.05, 0.1) is 6.04 Å². The third kappa shape index (κ3) is 2.42. The van der Waals surface area contributed by atoms with Gasteiger partial charge in [-0.2, -0.15) is 0 Å². The van der Waals surface area contributed by atoms with Crippen molar-refractivity contribution in [3.05, 3.63) is 0 Å². The fourth-order valence-electron chi connectivity index (χ4n) is 2.31. The van der Waals surface area contributed by atoms with Crippen LogP contribution < -0.4 is 10.6 Å². The Balaban J connectivity index is 1.85. The molecule has 84 valence electrons. The van der Waals surface area contributed by atoms with Crippen LogP contribution in [-0.2, 0) is 9.59 Å². The van der Waals surface area contributed by atoms with Gasteiger partial charge in [0.1, 0.15) is 0 Å². The first-order chi connectivity index (χ1) is 7.31. The van der Waals surface area contributed by atoms with Crippen LogP contribution in [0.15, 0.2) is 0 Å². The van der Waals surface area contributed by atoms with Crippen molar-refractivity contribution in [1.82, 2.24) is 15.5 Å². The zero-order valence-corrected chi connectivity index (χ0v) is 8.74. The number of ketones is 1. The maximum Gasteiger partial charge on any atom is 0.213 e. The molecular formula is C10H17N3O2. The van der Waals surface area contributed by atoms with Gasteiger partial charge in [0.25, 0.3) is 0 Å². The lowest BCUT2D eigenvalue weighted by Crippen LogP contribution is -2.42. The molecule has 5 nitrogen and oxygen atoms in total. The number of carbonyl (C=O) groups excluding carboxylic acids is 2. The lowest BCUT2D eigenvalue weighted by Gasteiger charge is -2.30. The Kier molecular flexibility index (Phi) is 3.45. The lowest BCUT2D eigenvalue weighted by atomic mass is 10.1. The Bertz CT molecular complexity index is 251. The van der Waals surface area contributed by atoms with Crippen molar-refractivity contribution >= 4 is 12.1 Å². The van der Waals surface area contributed by atoms with Gasteiger partial charge in [-0.15, -0.1) is 0 Å². The fraction of sp³-hybridized carbons (Fsp3) is 0.800. The number of carbonyl (C=O) groups is 2. The van der Waals surface area contributed by atoms with E-state index < -0.39 is 0 Å². The van der Waals surface area contributed by atoms with Crippen molar-refractivity contribution in [2.45, 2.75) is 24.9 Å². The normalized spacial score (nSPS) is 29.2. The van der Waals surface area contributed by atoms with Gasteiger partial charge in [-0.05, 0) is 25.9 Å². The summed E-state index contributed by atoms with van der Waals surface area (Å²) in [5.41, 5.74) is 0. The van der Waals surface area contributed by atoms with Gasteiger partial charge < -0.3 is 5.32 Å². The van der Waals surface area contributed by atoms with Gasteiger partial charge in [0.15, 0.2) is 6.29 Å². The molecule has 0 aromatic rings. The van der Waals surface area contributed by atoms with Crippen LogP contribution in [0.5, 0.6) is 0 Å². The molecule has 2 N–H and O–H groups in total. The molecule has 2 saturated heterocycles. The lowest BCUT2D eigenvalue weighted by molar-refractivity contribution is -0.130. The molecule has 5 heteroatoms. The number of rotatable bonds is 3. The number of piperidine rings is 1. The predicted molar refractivity (Wildman–Crippen MR) is 55.5 cm³/mol. The van der Waals surface area contributed by atoms with Gasteiger partial charge in [-0.1, -0.05) is 0 Å². The third-order valence-corrected chi connectivity index (χ3v) is 3.24. The van der Waals surface area contributed by atoms with E-state index in [0.29, 0.717) is 18.9 Å². The minimum atomic E-state index is -0.327. The van der Waals surface area contributed by atoms with E-state index in [0.717, 1.165) is 32.6 Å². The van der Waals surface area contributed by atoms with Gasteiger partial charge in [0, 0.05) is 19.3 Å². The number of nitrogens with zero attached hydrogens (tertiary/aromatic N) is 1. The molecule has 2 aliphatic rings. The molecule has 2 aliphatic heterocycles. The molecule has 0 spiro atoms. The van der Waals surface area contributed by atoms with Crippen LogP contribution in [0.3, 0.4) is 0 Å². The number of nitrogens with one attached hydrogen (secondary N) is 2. The van der Waals surface area contributed by atoms with Gasteiger partial charge in [-0.25, -0.2) is 0 Å². The summed E-state index contributed by atoms with van der Waals surface area (Å²) >= 11 is 0. The van der Waals surface area contributed by atoms with Gasteiger partial charge in [0.2, 0.25) is 5.78 Å². The van der Waals surface area contributed by atoms with Crippen LogP contribution in [0.1, 0.15) is 12.8 Å². The number of hydrogen-bond acceptors (Lipinski definition) is 5. The molecule has 1 atom stereocenters. The van der Waals surface area contributed by atoms with Gasteiger partial charge in [-0.3, -0.25) is 19.8 Å². The van der Waals surface area contributed by atoms with Crippen molar-refractivity contribution < 1.29 is 9.59 Å². The van der Waals surface area contributed by atoms with Crippen LogP contribution >= 0.6 is 0 Å². The second-order valence-electron chi connectivity index (χ2n) is 4.19. The zero-order chi connectivity index (χ0) is 10.7. The Morgan fingerprint density at radius 3 is 2.73 bits per heavy atom. The van der Waals surface area contributed by atoms with E-state index in [2.05, 4.69) is 15.5 Å². The maximum atomic E-state index is 11.2. The smallest absolute Gasteiger partial charge is 0.213 e. The van der Waals surface area contributed by atoms with E-state index in [1.165, 1.54) is 0 Å². The molecule has 2 rings (SSSR count). The minimum Gasteiger partial charge on any atom is -0.317 e. The molecule has 0 amide bonds. The molecule has 0 aliphatic carbocycles. The molecule has 0 bridgehead atoms. The maximum absolute atomic E-state index is 11.2. The summed E-state index contributed by atoms with van der Waals surface area (Å²) < 4.78 is 0. The van der Waals surface area contributed by atoms with Crippen LogP contribution in [0.4, 0.5) is 0 Å². The number of Topliss-reactive ketones (excluding diaryl/α,β-unsaturated/α-hetero) is 1. The standard InChI is InChI=1S/C10H17N3O2/c14-6-10(15)9-5-13(7-12-9)8-1-3-11-4-2-8/h6,8-9,11-12H,1-5,7H2. The summed E-state index contributed by atoms with van der Waals surface area (Å²) in [6, 6.07) is 0.278. The molecule has 2 fully saturated rings. The van der Waals surface area contributed by atoms with E-state index in [9.17, 15) is 9.59 Å². The zero-order valence-electron chi connectivity index (χ0n) is 8.74. The highest BCUT2D eigenvalue weighted by atomic mass is 16.2. The largest absolute Gasteiger partial charge is 0.317 e. The minimum absolute atomic E-state index is 0.280. The highest BCUT2D eigenvalue weighted by molar-refractivity contribution is 6.27. The summed E-state index contributed by atoms with van der Waals surface area (Å²) in [4.78, 5) is 23.8. The summed E-state index contributed by atoms with van der Waals surface area (Å²) in [6.07, 6.45) is 2.68. The summed E-state index contributed by atoms with van der Waals surface area (Å²) in [7, 11) is 0. The Morgan fingerprint density at radius 2 is 2.07 bits per heavy atom. The predicted octanol–water partition coefficient (Wildman–Crippen LogP) is -1.26. The first-order valence-electron chi connectivity index (χ1n) is 5.48. The van der Waals surface area contributed by atoms with E-state index in [1.807, 2.05) is 0 Å². The highest BCUT2D eigenvalue weighted by Gasteiger charge is 2.31. The first-order valence-corrected chi connectivity index (χ1v) is 5.48. The van der Waals surface area contributed by atoms with E-state index >= 15 is 0 Å². The second-order valence-corrected chi connectivity index (χ2v) is 4.19. The van der Waals surface area contributed by atoms with Crippen molar-refractivity contribution in [2.75, 3.05) is 26.3 Å². The second kappa shape index (κ2) is 4.83. The van der Waals surface area contributed by atoms with E-state index in [-0.39, 0.29) is 11.8 Å². The summed E-state index contributed by atoms with van der Waals surface area (Å²) in [5, 5.41) is 6.39. The molecule has 0 saturated carbocycles. The Hall–Kier alpha value is -0.780. The Labute approximate surface area is 89.2 Å². The van der Waals surface area contributed by atoms with Gasteiger partial charge >= 0.3 is 0 Å². The van der Waals surface area contributed by atoms with Crippen molar-refractivity contribution in [1.29, 1.82) is 0 Å². The van der Waals surface area contributed by atoms with Crippen LogP contribution in [0.2, 0.25) is 0 Å². The molecule has 15 heavy (non-hydrogen) atoms. The number of hydrogen-bond donors (Lipinski definition) is 2. The monoisotopic (exact) mass is 211 g/mol. The quantitative estimate of drug-likeness (QED) is 0.450. The number of aldehydes is 1. The first kappa shape index (κ1) is 10.7. The molecular weight excluding hydrogens is 194 g/mol. The van der Waals surface area contributed by atoms with Crippen molar-refractivity contribution in [3.63, 3.8) is 0 Å². The average Bonchev–Trinajstić information content (AvgIpc) is 2.78. The average molecular weight is 211 g/mol. The molecule has 1 unspecified atom stereocenters. The molecule has 2 heterocycles. The third-order valence-electron chi connectivity index (χ3n) is 3.24. The highest BCUT2D eigenvalue weighted by Crippen LogP contribution is 2.14. The van der Waals surface area contributed by atoms with Crippen LogP contribution in [0.25, 0.3) is 0 Å². The molecule has 0 radical (unpaired) electrons. The van der Waals surface area contributed by atoms with Crippen molar-refractivity contribution in [2.24, 2.45) is 0 Å². The fourth-order valence-corrected chi connectivity index (χ4v) is 2.31. The topological polar surface area (TPSA) is 61.4 Å². The van der Waals surface area contributed by atoms with E-state index in [4.69, 9.17) is 0 Å². The Morgan fingerprint density at radius 1 is 1.33 bits per heavy atom.